The molecule has 0 aromatic carbocycles. The van der Waals surface area contributed by atoms with E-state index in [1.54, 1.807) is 18.5 Å². The maximum Gasteiger partial charge on any atom is 0.189 e. The van der Waals surface area contributed by atoms with Crippen LogP contribution in [0.25, 0.3) is 0 Å². The molecular formula is C8H6N3O2. The van der Waals surface area contributed by atoms with Crippen LogP contribution in [0.1, 0.15) is 5.82 Å². The van der Waals surface area contributed by atoms with Crippen LogP contribution < -0.4 is 4.74 Å². The predicted molar refractivity (Wildman–Crippen MR) is 41.7 cm³/mol. The number of ether oxygens (including phenoxy) is 1. The number of nitrogens with zero attached hydrogens (tertiary/aromatic N) is 3. The van der Waals surface area contributed by atoms with Crippen LogP contribution >= 0.6 is 0 Å². The summed E-state index contributed by atoms with van der Waals surface area (Å²) in [4.78, 5) is 7.95. The maximum absolute atomic E-state index is 5.20. The smallest absolute Gasteiger partial charge is 0.189 e. The Hall–Kier alpha value is -1.91. The molecule has 0 amide bonds. The monoisotopic (exact) mass is 176 g/mol. The average Bonchev–Trinajstić information content (AvgIpc) is 2.69. The van der Waals surface area contributed by atoms with E-state index in [9.17, 15) is 0 Å². The van der Waals surface area contributed by atoms with Gasteiger partial charge < -0.3 is 9.26 Å². The fourth-order valence-electron chi connectivity index (χ4n) is 0.785. The van der Waals surface area contributed by atoms with Crippen molar-refractivity contribution in [3.63, 3.8) is 0 Å². The van der Waals surface area contributed by atoms with Gasteiger partial charge >= 0.3 is 0 Å². The van der Waals surface area contributed by atoms with E-state index in [0.717, 1.165) is 0 Å². The molecule has 1 radical (unpaired) electrons. The molecule has 5 nitrogen and oxygen atoms in total. The lowest BCUT2D eigenvalue weighted by Crippen LogP contribution is -1.99. The molecule has 2 heterocycles. The Balaban J connectivity index is 1.94. The van der Waals surface area contributed by atoms with Crippen molar-refractivity contribution in [1.29, 1.82) is 0 Å². The summed E-state index contributed by atoms with van der Waals surface area (Å²) in [6.45, 7) is 0.290. The van der Waals surface area contributed by atoms with Gasteiger partial charge in [0.15, 0.2) is 24.0 Å². The van der Waals surface area contributed by atoms with Crippen molar-refractivity contribution in [3.05, 3.63) is 36.7 Å². The average molecular weight is 176 g/mol. The SMILES string of the molecule is [c]1nocc1OCc1ncccn1. The Labute approximate surface area is 74.4 Å². The van der Waals surface area contributed by atoms with Gasteiger partial charge in [0.25, 0.3) is 0 Å². The van der Waals surface area contributed by atoms with Crippen LogP contribution in [0, 0.1) is 6.20 Å². The molecule has 2 rings (SSSR count). The maximum atomic E-state index is 5.20. The molecule has 0 aliphatic rings. The van der Waals surface area contributed by atoms with Crippen molar-refractivity contribution in [2.45, 2.75) is 6.61 Å². The highest BCUT2D eigenvalue weighted by Crippen LogP contribution is 2.07. The molecule has 0 aliphatic carbocycles. The minimum atomic E-state index is 0.290. The highest BCUT2D eigenvalue weighted by Gasteiger charge is 1.99. The van der Waals surface area contributed by atoms with E-state index in [1.165, 1.54) is 6.26 Å². The summed E-state index contributed by atoms with van der Waals surface area (Å²) in [5.74, 6) is 1.06. The van der Waals surface area contributed by atoms with Crippen molar-refractivity contribution in [1.82, 2.24) is 15.1 Å². The van der Waals surface area contributed by atoms with Crippen LogP contribution in [0.2, 0.25) is 0 Å². The lowest BCUT2D eigenvalue weighted by atomic mass is 10.6. The molecule has 0 N–H and O–H groups in total. The number of aromatic nitrogens is 3. The molecule has 65 valence electrons. The van der Waals surface area contributed by atoms with E-state index in [4.69, 9.17) is 4.74 Å². The van der Waals surface area contributed by atoms with Gasteiger partial charge in [0.2, 0.25) is 0 Å². The first-order valence-electron chi connectivity index (χ1n) is 3.66. The van der Waals surface area contributed by atoms with Crippen LogP contribution in [0.5, 0.6) is 5.75 Å². The fourth-order valence-corrected chi connectivity index (χ4v) is 0.785. The largest absolute Gasteiger partial charge is 0.480 e. The van der Waals surface area contributed by atoms with E-state index in [1.807, 2.05) is 0 Å². The Morgan fingerprint density at radius 2 is 2.23 bits per heavy atom. The topological polar surface area (TPSA) is 61.0 Å². The van der Waals surface area contributed by atoms with Gasteiger partial charge in [-0.15, -0.1) is 0 Å². The summed E-state index contributed by atoms with van der Waals surface area (Å²) in [5.41, 5.74) is 0. The number of hydrogen-bond donors (Lipinski definition) is 0. The summed E-state index contributed by atoms with van der Waals surface area (Å²) >= 11 is 0. The lowest BCUT2D eigenvalue weighted by molar-refractivity contribution is 0.291. The zero-order valence-corrected chi connectivity index (χ0v) is 6.67. The summed E-state index contributed by atoms with van der Waals surface area (Å²) in [6.07, 6.45) is 7.19. The molecule has 2 aromatic heterocycles. The van der Waals surface area contributed by atoms with Gasteiger partial charge in [0.05, 0.1) is 0 Å². The Morgan fingerprint density at radius 1 is 1.38 bits per heavy atom. The molecule has 0 aliphatic heterocycles. The second-order valence-corrected chi connectivity index (χ2v) is 2.24. The van der Waals surface area contributed by atoms with Crippen molar-refractivity contribution < 1.29 is 9.26 Å². The molecule has 0 spiro atoms. The third-order valence-corrected chi connectivity index (χ3v) is 1.34. The van der Waals surface area contributed by atoms with Crippen molar-refractivity contribution in [2.24, 2.45) is 0 Å². The minimum Gasteiger partial charge on any atom is -0.480 e. The quantitative estimate of drug-likeness (QED) is 0.693. The van der Waals surface area contributed by atoms with Gasteiger partial charge in [-0.1, -0.05) is 5.16 Å². The normalized spacial score (nSPS) is 9.85. The van der Waals surface area contributed by atoms with Crippen molar-refractivity contribution >= 4 is 0 Å². The van der Waals surface area contributed by atoms with E-state index in [2.05, 4.69) is 25.8 Å². The summed E-state index contributed by atoms with van der Waals surface area (Å²) in [5, 5.41) is 3.37. The fraction of sp³-hybridized carbons (Fsp3) is 0.125. The highest BCUT2D eigenvalue weighted by atomic mass is 16.5. The minimum absolute atomic E-state index is 0.290. The zero-order valence-electron chi connectivity index (χ0n) is 6.67. The molecule has 0 fully saturated rings. The standard InChI is InChI=1S/C8H6N3O2/c1-2-9-8(10-3-1)6-12-7-4-11-13-5-7/h1-3,5H,6H2. The summed E-state index contributed by atoms with van der Waals surface area (Å²) in [6, 6.07) is 1.75. The number of rotatable bonds is 3. The van der Waals surface area contributed by atoms with Gasteiger partial charge in [0, 0.05) is 12.4 Å². The second kappa shape index (κ2) is 3.66. The zero-order chi connectivity index (χ0) is 8.93. The van der Waals surface area contributed by atoms with Gasteiger partial charge in [-0.3, -0.25) is 0 Å². The van der Waals surface area contributed by atoms with Crippen LogP contribution in [0.4, 0.5) is 0 Å². The molecule has 13 heavy (non-hydrogen) atoms. The van der Waals surface area contributed by atoms with E-state index >= 15 is 0 Å². The molecule has 5 heteroatoms. The van der Waals surface area contributed by atoms with Gasteiger partial charge in [0.1, 0.15) is 6.61 Å². The first-order chi connectivity index (χ1) is 6.45. The second-order valence-electron chi connectivity index (χ2n) is 2.24. The molecule has 0 saturated heterocycles. The molecular weight excluding hydrogens is 170 g/mol. The molecule has 0 unspecified atom stereocenters. The highest BCUT2D eigenvalue weighted by molar-refractivity contribution is 5.06. The Morgan fingerprint density at radius 3 is 2.92 bits per heavy atom. The summed E-state index contributed by atoms with van der Waals surface area (Å²) in [7, 11) is 0. The number of hydrogen-bond acceptors (Lipinski definition) is 5. The Kier molecular flexibility index (Phi) is 2.18. The third kappa shape index (κ3) is 2.02. The van der Waals surface area contributed by atoms with Gasteiger partial charge in [-0.05, 0) is 6.07 Å². The third-order valence-electron chi connectivity index (χ3n) is 1.34. The molecule has 0 saturated carbocycles. The van der Waals surface area contributed by atoms with Crippen LogP contribution in [0.3, 0.4) is 0 Å². The molecule has 0 bridgehead atoms. The summed E-state index contributed by atoms with van der Waals surface area (Å²) < 4.78 is 9.73. The molecule has 2 aromatic rings. The molecule has 0 atom stereocenters. The first-order valence-corrected chi connectivity index (χ1v) is 3.66. The van der Waals surface area contributed by atoms with E-state index in [-0.39, 0.29) is 0 Å². The van der Waals surface area contributed by atoms with E-state index < -0.39 is 0 Å². The van der Waals surface area contributed by atoms with Crippen LogP contribution in [0.15, 0.2) is 29.2 Å². The van der Waals surface area contributed by atoms with Crippen LogP contribution in [-0.4, -0.2) is 15.1 Å². The predicted octanol–water partition coefficient (Wildman–Crippen LogP) is 0.844. The van der Waals surface area contributed by atoms with Crippen molar-refractivity contribution in [2.75, 3.05) is 0 Å². The van der Waals surface area contributed by atoms with Crippen molar-refractivity contribution in [3.8, 4) is 5.75 Å². The van der Waals surface area contributed by atoms with E-state index in [0.29, 0.717) is 18.2 Å². The lowest BCUT2D eigenvalue weighted by Gasteiger charge is -1.98. The van der Waals surface area contributed by atoms with Gasteiger partial charge in [-0.25, -0.2) is 9.97 Å². The first kappa shape index (κ1) is 7.72. The van der Waals surface area contributed by atoms with Crippen LogP contribution in [-0.2, 0) is 6.61 Å². The van der Waals surface area contributed by atoms with Gasteiger partial charge in [-0.2, -0.15) is 0 Å². The Bertz CT molecular complexity index is 347.